The molecule has 0 spiro atoms. The predicted octanol–water partition coefficient (Wildman–Crippen LogP) is 3.05. The molecule has 3 aromatic rings. The summed E-state index contributed by atoms with van der Waals surface area (Å²) in [5.74, 6) is -0.209. The van der Waals surface area contributed by atoms with Crippen LogP contribution < -0.4 is 0 Å². The van der Waals surface area contributed by atoms with Crippen molar-refractivity contribution in [2.24, 2.45) is 7.05 Å². The topological polar surface area (TPSA) is 31.2 Å². The minimum atomic E-state index is -0.209. The summed E-state index contributed by atoms with van der Waals surface area (Å²) in [5.41, 5.74) is 3.36. The van der Waals surface area contributed by atoms with Crippen molar-refractivity contribution in [3.63, 3.8) is 0 Å². The predicted molar refractivity (Wildman–Crippen MR) is 76.1 cm³/mol. The first-order valence-electron chi connectivity index (χ1n) is 6.23. The molecule has 1 heterocycles. The highest BCUT2D eigenvalue weighted by Crippen LogP contribution is 2.28. The van der Waals surface area contributed by atoms with E-state index < -0.39 is 0 Å². The Morgan fingerprint density at radius 2 is 1.84 bits per heavy atom. The van der Waals surface area contributed by atoms with Gasteiger partial charge in [-0.25, -0.2) is 0 Å². The zero-order valence-corrected chi connectivity index (χ0v) is 11.0. The first-order chi connectivity index (χ1) is 9.20. The number of fused-ring (bicyclic) bond motifs is 3. The smallest absolute Gasteiger partial charge is 0.309 e. The molecule has 0 aliphatic rings. The maximum absolute atomic E-state index is 11.4. The Labute approximate surface area is 111 Å². The van der Waals surface area contributed by atoms with Crippen molar-refractivity contribution >= 4 is 27.8 Å². The third kappa shape index (κ3) is 1.87. The van der Waals surface area contributed by atoms with Crippen LogP contribution in [0.4, 0.5) is 0 Å². The Balaban J connectivity index is 2.22. The fourth-order valence-corrected chi connectivity index (χ4v) is 2.56. The molecule has 0 bridgehead atoms. The second-order valence-corrected chi connectivity index (χ2v) is 4.68. The van der Waals surface area contributed by atoms with Gasteiger partial charge in [-0.05, 0) is 23.8 Å². The van der Waals surface area contributed by atoms with Gasteiger partial charge in [-0.2, -0.15) is 0 Å². The zero-order chi connectivity index (χ0) is 13.4. The molecular formula is C16H15NO2. The van der Waals surface area contributed by atoms with E-state index in [9.17, 15) is 4.79 Å². The molecule has 0 N–H and O–H groups in total. The molecule has 0 atom stereocenters. The highest BCUT2D eigenvalue weighted by Gasteiger charge is 2.09. The van der Waals surface area contributed by atoms with Crippen LogP contribution in [0.2, 0.25) is 0 Å². The number of nitrogens with zero attached hydrogens (tertiary/aromatic N) is 1. The van der Waals surface area contributed by atoms with E-state index in [1.165, 1.54) is 28.9 Å². The molecule has 0 fully saturated rings. The van der Waals surface area contributed by atoms with Gasteiger partial charge in [-0.3, -0.25) is 4.79 Å². The summed E-state index contributed by atoms with van der Waals surface area (Å²) in [6.07, 6.45) is 0.315. The van der Waals surface area contributed by atoms with Crippen molar-refractivity contribution in [1.29, 1.82) is 0 Å². The Kier molecular flexibility index (Phi) is 2.75. The summed E-state index contributed by atoms with van der Waals surface area (Å²) in [4.78, 5) is 11.4. The number of methoxy groups -OCH3 is 1. The van der Waals surface area contributed by atoms with Crippen molar-refractivity contribution in [3.05, 3.63) is 48.0 Å². The molecule has 0 radical (unpaired) electrons. The molecule has 3 heteroatoms. The van der Waals surface area contributed by atoms with Crippen molar-refractivity contribution in [2.45, 2.75) is 6.42 Å². The van der Waals surface area contributed by atoms with Crippen molar-refractivity contribution in [3.8, 4) is 0 Å². The fraction of sp³-hybridized carbons (Fsp3) is 0.188. The lowest BCUT2D eigenvalue weighted by Crippen LogP contribution is -2.04. The summed E-state index contributed by atoms with van der Waals surface area (Å²) < 4.78 is 6.89. The molecule has 0 aliphatic heterocycles. The quantitative estimate of drug-likeness (QED) is 0.657. The molecule has 0 amide bonds. The summed E-state index contributed by atoms with van der Waals surface area (Å²) in [5, 5.41) is 2.39. The molecule has 3 nitrogen and oxygen atoms in total. The first-order valence-corrected chi connectivity index (χ1v) is 6.23. The minimum Gasteiger partial charge on any atom is -0.469 e. The van der Waals surface area contributed by atoms with Gasteiger partial charge in [0.25, 0.3) is 0 Å². The Morgan fingerprint density at radius 3 is 2.63 bits per heavy atom. The van der Waals surface area contributed by atoms with E-state index in [4.69, 9.17) is 4.74 Å². The van der Waals surface area contributed by atoms with E-state index in [-0.39, 0.29) is 5.97 Å². The van der Waals surface area contributed by atoms with Gasteiger partial charge in [0.1, 0.15) is 0 Å². The average Bonchev–Trinajstić information content (AvgIpc) is 2.73. The van der Waals surface area contributed by atoms with E-state index in [1.54, 1.807) is 0 Å². The molecule has 0 saturated heterocycles. The standard InChI is InChI=1S/C16H15NO2/c1-17-14-6-4-3-5-12(14)13-9-11(7-8-15(13)17)10-16(18)19-2/h3-9H,10H2,1-2H3. The third-order valence-electron chi connectivity index (χ3n) is 3.55. The second-order valence-electron chi connectivity index (χ2n) is 4.68. The van der Waals surface area contributed by atoms with Gasteiger partial charge in [0.2, 0.25) is 0 Å². The SMILES string of the molecule is COC(=O)Cc1ccc2c(c1)c1ccccc1n2C. The van der Waals surface area contributed by atoms with Crippen LogP contribution in [-0.4, -0.2) is 17.6 Å². The Morgan fingerprint density at radius 1 is 1.11 bits per heavy atom. The number of ether oxygens (including phenoxy) is 1. The van der Waals surface area contributed by atoms with Crippen molar-refractivity contribution in [1.82, 2.24) is 4.57 Å². The summed E-state index contributed by atoms with van der Waals surface area (Å²) in [6, 6.07) is 14.4. The van der Waals surface area contributed by atoms with E-state index in [2.05, 4.69) is 35.9 Å². The number of carbonyl (C=O) groups excluding carboxylic acids is 1. The van der Waals surface area contributed by atoms with E-state index in [0.717, 1.165) is 5.56 Å². The van der Waals surface area contributed by atoms with E-state index in [1.807, 2.05) is 18.2 Å². The zero-order valence-electron chi connectivity index (χ0n) is 11.0. The monoisotopic (exact) mass is 253 g/mol. The molecule has 2 aromatic carbocycles. The Hall–Kier alpha value is -2.29. The van der Waals surface area contributed by atoms with Gasteiger partial charge >= 0.3 is 5.97 Å². The van der Waals surface area contributed by atoms with Gasteiger partial charge in [-0.1, -0.05) is 24.3 Å². The minimum absolute atomic E-state index is 0.209. The number of esters is 1. The second kappa shape index (κ2) is 4.43. The van der Waals surface area contributed by atoms with Crippen LogP contribution in [0.15, 0.2) is 42.5 Å². The lowest BCUT2D eigenvalue weighted by Gasteiger charge is -2.01. The molecule has 3 rings (SSSR count). The number of hydrogen-bond donors (Lipinski definition) is 0. The van der Waals surface area contributed by atoms with Gasteiger partial charge in [0.05, 0.1) is 13.5 Å². The Bertz CT molecular complexity index is 771. The van der Waals surface area contributed by atoms with Crippen LogP contribution in [0.3, 0.4) is 0 Å². The number of aryl methyl sites for hydroxylation is 1. The molecule has 1 aromatic heterocycles. The number of carbonyl (C=O) groups is 1. The van der Waals surface area contributed by atoms with Crippen LogP contribution in [0, 0.1) is 0 Å². The number of benzene rings is 2. The van der Waals surface area contributed by atoms with Crippen LogP contribution in [-0.2, 0) is 23.0 Å². The van der Waals surface area contributed by atoms with Crippen molar-refractivity contribution < 1.29 is 9.53 Å². The van der Waals surface area contributed by atoms with Gasteiger partial charge in [-0.15, -0.1) is 0 Å². The largest absolute Gasteiger partial charge is 0.469 e. The van der Waals surface area contributed by atoms with Gasteiger partial charge in [0.15, 0.2) is 0 Å². The highest BCUT2D eigenvalue weighted by atomic mass is 16.5. The maximum Gasteiger partial charge on any atom is 0.309 e. The van der Waals surface area contributed by atoms with Gasteiger partial charge < -0.3 is 9.30 Å². The molecule has 0 unspecified atom stereocenters. The average molecular weight is 253 g/mol. The number of hydrogen-bond acceptors (Lipinski definition) is 2. The number of para-hydroxylation sites is 1. The van der Waals surface area contributed by atoms with E-state index >= 15 is 0 Å². The molecular weight excluding hydrogens is 238 g/mol. The lowest BCUT2D eigenvalue weighted by molar-refractivity contribution is -0.139. The van der Waals surface area contributed by atoms with Crippen LogP contribution in [0.5, 0.6) is 0 Å². The fourth-order valence-electron chi connectivity index (χ4n) is 2.56. The van der Waals surface area contributed by atoms with Crippen LogP contribution in [0.1, 0.15) is 5.56 Å². The molecule has 96 valence electrons. The van der Waals surface area contributed by atoms with Crippen molar-refractivity contribution in [2.75, 3.05) is 7.11 Å². The normalized spacial score (nSPS) is 11.1. The summed E-state index contributed by atoms with van der Waals surface area (Å²) in [7, 11) is 3.48. The lowest BCUT2D eigenvalue weighted by atomic mass is 10.1. The first kappa shape index (κ1) is 11.8. The molecule has 0 aliphatic carbocycles. The van der Waals surface area contributed by atoms with E-state index in [0.29, 0.717) is 6.42 Å². The van der Waals surface area contributed by atoms with Crippen LogP contribution in [0.25, 0.3) is 21.8 Å². The number of rotatable bonds is 2. The number of aromatic nitrogens is 1. The summed E-state index contributed by atoms with van der Waals surface area (Å²) >= 11 is 0. The summed E-state index contributed by atoms with van der Waals surface area (Å²) in [6.45, 7) is 0. The third-order valence-corrected chi connectivity index (χ3v) is 3.55. The van der Waals surface area contributed by atoms with Gasteiger partial charge in [0, 0.05) is 28.9 Å². The molecule has 19 heavy (non-hydrogen) atoms. The van der Waals surface area contributed by atoms with Crippen LogP contribution >= 0.6 is 0 Å². The highest BCUT2D eigenvalue weighted by molar-refractivity contribution is 6.08. The molecule has 0 saturated carbocycles. The maximum atomic E-state index is 11.4.